The largest absolute Gasteiger partial charge is 0.457 e. The zero-order chi connectivity index (χ0) is 8.27. The highest BCUT2D eigenvalue weighted by Crippen LogP contribution is 2.18. The van der Waals surface area contributed by atoms with Crippen LogP contribution in [0.25, 0.3) is 0 Å². The van der Waals surface area contributed by atoms with Crippen molar-refractivity contribution in [3.63, 3.8) is 0 Å². The van der Waals surface area contributed by atoms with Crippen molar-refractivity contribution in [1.29, 1.82) is 0 Å². The molecular weight excluding hydrogens is 208 g/mol. The molecule has 11 heavy (non-hydrogen) atoms. The number of rotatable bonds is 2. The molecule has 0 spiro atoms. The Bertz CT molecular complexity index is 306. The van der Waals surface area contributed by atoms with Gasteiger partial charge in [-0.1, -0.05) is 5.92 Å². The molecule has 0 aliphatic carbocycles. The summed E-state index contributed by atoms with van der Waals surface area (Å²) in [5.41, 5.74) is 0.503. The Morgan fingerprint density at radius 3 is 3.00 bits per heavy atom. The van der Waals surface area contributed by atoms with E-state index in [9.17, 15) is 4.79 Å². The van der Waals surface area contributed by atoms with Gasteiger partial charge in [-0.2, -0.15) is 0 Å². The average molecular weight is 213 g/mol. The third-order valence-corrected chi connectivity index (χ3v) is 1.80. The van der Waals surface area contributed by atoms with Gasteiger partial charge >= 0.3 is 0 Å². The van der Waals surface area contributed by atoms with Gasteiger partial charge in [-0.15, -0.1) is 6.42 Å². The molecular formula is C8H5BrO2. The van der Waals surface area contributed by atoms with Crippen molar-refractivity contribution in [2.24, 2.45) is 0 Å². The Kier molecular flexibility index (Phi) is 2.50. The van der Waals surface area contributed by atoms with Crippen molar-refractivity contribution in [2.45, 2.75) is 6.42 Å². The summed E-state index contributed by atoms with van der Waals surface area (Å²) in [6.45, 7) is 0. The molecule has 0 N–H and O–H groups in total. The van der Waals surface area contributed by atoms with Crippen LogP contribution < -0.4 is 0 Å². The molecule has 2 nitrogen and oxygen atoms in total. The number of hydrogen-bond donors (Lipinski definition) is 0. The van der Waals surface area contributed by atoms with Gasteiger partial charge < -0.3 is 4.42 Å². The van der Waals surface area contributed by atoms with Crippen molar-refractivity contribution in [3.05, 3.63) is 22.6 Å². The molecule has 0 aliphatic rings. The second kappa shape index (κ2) is 3.40. The van der Waals surface area contributed by atoms with Gasteiger partial charge in [0.25, 0.3) is 0 Å². The van der Waals surface area contributed by atoms with Crippen LogP contribution in [0.2, 0.25) is 0 Å². The molecule has 0 bridgehead atoms. The van der Waals surface area contributed by atoms with Crippen LogP contribution in [0, 0.1) is 12.3 Å². The third kappa shape index (κ3) is 1.72. The van der Waals surface area contributed by atoms with E-state index in [0.29, 0.717) is 10.2 Å². The number of ketones is 1. The normalized spacial score (nSPS) is 9.09. The lowest BCUT2D eigenvalue weighted by atomic mass is 10.2. The highest BCUT2D eigenvalue weighted by Gasteiger charge is 2.10. The van der Waals surface area contributed by atoms with Crippen molar-refractivity contribution in [2.75, 3.05) is 0 Å². The molecule has 0 radical (unpaired) electrons. The molecule has 0 saturated heterocycles. The van der Waals surface area contributed by atoms with E-state index in [2.05, 4.69) is 21.9 Å². The second-order valence-corrected chi connectivity index (χ2v) is 2.63. The maximum atomic E-state index is 11.1. The number of terminal acetylenes is 1. The molecule has 0 aromatic carbocycles. The molecule has 0 fully saturated rings. The summed E-state index contributed by atoms with van der Waals surface area (Å²) < 4.78 is 5.30. The topological polar surface area (TPSA) is 30.2 Å². The fourth-order valence-corrected chi connectivity index (χ4v) is 1.14. The SMILES string of the molecule is C#CCC(=O)c1ccoc1Br. The van der Waals surface area contributed by atoms with Gasteiger partial charge in [0.1, 0.15) is 0 Å². The highest BCUT2D eigenvalue weighted by molar-refractivity contribution is 9.10. The van der Waals surface area contributed by atoms with Gasteiger partial charge in [0.15, 0.2) is 10.5 Å². The van der Waals surface area contributed by atoms with Crippen LogP contribution in [-0.2, 0) is 0 Å². The number of hydrogen-bond acceptors (Lipinski definition) is 2. The summed E-state index contributed by atoms with van der Waals surface area (Å²) in [7, 11) is 0. The lowest BCUT2D eigenvalue weighted by molar-refractivity contribution is 0.0996. The van der Waals surface area contributed by atoms with Crippen molar-refractivity contribution < 1.29 is 9.21 Å². The van der Waals surface area contributed by atoms with E-state index in [1.54, 1.807) is 6.07 Å². The van der Waals surface area contributed by atoms with Crippen LogP contribution in [0.1, 0.15) is 16.8 Å². The zero-order valence-corrected chi connectivity index (χ0v) is 7.22. The molecule has 0 amide bonds. The van der Waals surface area contributed by atoms with Crippen molar-refractivity contribution >= 4 is 21.7 Å². The first kappa shape index (κ1) is 8.09. The first-order valence-corrected chi connectivity index (χ1v) is 3.74. The van der Waals surface area contributed by atoms with Crippen LogP contribution in [0.15, 0.2) is 21.4 Å². The number of carbonyl (C=O) groups is 1. The van der Waals surface area contributed by atoms with E-state index in [0.717, 1.165) is 0 Å². The van der Waals surface area contributed by atoms with E-state index >= 15 is 0 Å². The molecule has 3 heteroatoms. The molecule has 1 rings (SSSR count). The minimum Gasteiger partial charge on any atom is -0.457 e. The van der Waals surface area contributed by atoms with Crippen molar-refractivity contribution in [1.82, 2.24) is 0 Å². The molecule has 0 aliphatic heterocycles. The number of carbonyl (C=O) groups excluding carboxylic acids is 1. The van der Waals surface area contributed by atoms with Gasteiger partial charge in [0.05, 0.1) is 18.2 Å². The first-order chi connectivity index (χ1) is 5.25. The third-order valence-electron chi connectivity index (χ3n) is 1.18. The minimum atomic E-state index is -0.104. The summed E-state index contributed by atoms with van der Waals surface area (Å²) in [4.78, 5) is 11.1. The van der Waals surface area contributed by atoms with E-state index in [-0.39, 0.29) is 12.2 Å². The van der Waals surface area contributed by atoms with Gasteiger partial charge in [0.2, 0.25) is 0 Å². The summed E-state index contributed by atoms with van der Waals surface area (Å²) in [5.74, 6) is 2.17. The van der Waals surface area contributed by atoms with Gasteiger partial charge in [-0.25, -0.2) is 0 Å². The van der Waals surface area contributed by atoms with Gasteiger partial charge in [0, 0.05) is 0 Å². The van der Waals surface area contributed by atoms with E-state index < -0.39 is 0 Å². The minimum absolute atomic E-state index is 0.104. The van der Waals surface area contributed by atoms with E-state index in [1.807, 2.05) is 0 Å². The van der Waals surface area contributed by atoms with Crippen LogP contribution in [-0.4, -0.2) is 5.78 Å². The number of halogens is 1. The predicted octanol–water partition coefficient (Wildman–Crippen LogP) is 2.25. The molecule has 0 unspecified atom stereocenters. The molecule has 1 aromatic rings. The standard InChI is InChI=1S/C8H5BrO2/c1-2-3-7(10)6-4-5-11-8(6)9/h1,4-5H,3H2. The fourth-order valence-electron chi connectivity index (χ4n) is 0.681. The van der Waals surface area contributed by atoms with Gasteiger partial charge in [-0.05, 0) is 22.0 Å². The second-order valence-electron chi connectivity index (χ2n) is 1.91. The summed E-state index contributed by atoms with van der Waals surface area (Å²) in [6, 6.07) is 1.59. The maximum Gasteiger partial charge on any atom is 0.179 e. The average Bonchev–Trinajstić information content (AvgIpc) is 2.36. The number of Topliss-reactive ketones (excluding diaryl/α,β-unsaturated/α-hetero) is 1. The fraction of sp³-hybridized carbons (Fsp3) is 0.125. The Labute approximate surface area is 72.7 Å². The monoisotopic (exact) mass is 212 g/mol. The predicted molar refractivity (Wildman–Crippen MR) is 44.2 cm³/mol. The van der Waals surface area contributed by atoms with Crippen LogP contribution in [0.5, 0.6) is 0 Å². The Hall–Kier alpha value is -1.01. The maximum absolute atomic E-state index is 11.1. The molecule has 1 heterocycles. The van der Waals surface area contributed by atoms with E-state index in [1.165, 1.54) is 6.26 Å². The smallest absolute Gasteiger partial charge is 0.179 e. The Morgan fingerprint density at radius 1 is 1.82 bits per heavy atom. The van der Waals surface area contributed by atoms with Crippen molar-refractivity contribution in [3.8, 4) is 12.3 Å². The van der Waals surface area contributed by atoms with Crippen LogP contribution >= 0.6 is 15.9 Å². The summed E-state index contributed by atoms with van der Waals surface area (Å²) in [5, 5.41) is 0. The van der Waals surface area contributed by atoms with Crippen LogP contribution in [0.3, 0.4) is 0 Å². The van der Waals surface area contributed by atoms with Crippen LogP contribution in [0.4, 0.5) is 0 Å². The molecule has 0 saturated carbocycles. The Morgan fingerprint density at radius 2 is 2.55 bits per heavy atom. The first-order valence-electron chi connectivity index (χ1n) is 2.95. The zero-order valence-electron chi connectivity index (χ0n) is 5.63. The lowest BCUT2D eigenvalue weighted by Crippen LogP contribution is -1.95. The highest BCUT2D eigenvalue weighted by atomic mass is 79.9. The summed E-state index contributed by atoms with van der Waals surface area (Å²) >= 11 is 3.08. The van der Waals surface area contributed by atoms with Gasteiger partial charge in [-0.3, -0.25) is 4.79 Å². The lowest BCUT2D eigenvalue weighted by Gasteiger charge is -1.89. The molecule has 56 valence electrons. The Balaban J connectivity index is 2.86. The quantitative estimate of drug-likeness (QED) is 0.557. The summed E-state index contributed by atoms with van der Waals surface area (Å²) in [6.07, 6.45) is 6.52. The molecule has 0 atom stereocenters. The number of furan rings is 1. The molecule has 1 aromatic heterocycles. The van der Waals surface area contributed by atoms with E-state index in [4.69, 9.17) is 10.8 Å².